The van der Waals surface area contributed by atoms with Crippen molar-refractivity contribution in [3.05, 3.63) is 6.42 Å². The van der Waals surface area contributed by atoms with Crippen molar-refractivity contribution in [3.63, 3.8) is 0 Å². The number of ether oxygens (including phenoxy) is 1. The number of Topliss-reactive ketones (excluding diaryl/α,β-unsaturated/α-hetero) is 1. The highest BCUT2D eigenvalue weighted by Gasteiger charge is 2.37. The standard InChI is InChI=1S/C16H25O2/c1-4-9-16(10-6-5-7-11-16)15(17)8-12-18-13-14(2)3/h8,14H,5-7,10-13H2,1-3H3. The smallest absolute Gasteiger partial charge is 0.157 e. The number of hydrogen-bond donors (Lipinski definition) is 0. The Hall–Kier alpha value is -0.810. The molecule has 0 aromatic heterocycles. The Balaban J connectivity index is 2.47. The Morgan fingerprint density at radius 3 is 2.56 bits per heavy atom. The quantitative estimate of drug-likeness (QED) is 0.532. The molecule has 1 saturated carbocycles. The van der Waals surface area contributed by atoms with Crippen LogP contribution < -0.4 is 0 Å². The van der Waals surface area contributed by atoms with E-state index < -0.39 is 5.41 Å². The van der Waals surface area contributed by atoms with Gasteiger partial charge < -0.3 is 4.74 Å². The fraction of sp³-hybridized carbons (Fsp3) is 0.750. The predicted molar refractivity (Wildman–Crippen MR) is 73.9 cm³/mol. The Labute approximate surface area is 111 Å². The molecule has 0 spiro atoms. The van der Waals surface area contributed by atoms with Gasteiger partial charge in [0.2, 0.25) is 0 Å². The second-order valence-electron chi connectivity index (χ2n) is 5.52. The molecule has 0 unspecified atom stereocenters. The monoisotopic (exact) mass is 249 g/mol. The molecule has 0 aromatic rings. The van der Waals surface area contributed by atoms with Gasteiger partial charge in [-0.3, -0.25) is 4.79 Å². The number of carbonyl (C=O) groups excluding carboxylic acids is 1. The molecule has 1 aliphatic rings. The summed E-state index contributed by atoms with van der Waals surface area (Å²) < 4.78 is 5.46. The van der Waals surface area contributed by atoms with E-state index in [1.54, 1.807) is 6.42 Å². The third-order valence-corrected chi connectivity index (χ3v) is 3.38. The second kappa shape index (κ2) is 7.59. The summed E-state index contributed by atoms with van der Waals surface area (Å²) in [5.41, 5.74) is -0.409. The maximum atomic E-state index is 12.3. The van der Waals surface area contributed by atoms with Crippen LogP contribution in [0.2, 0.25) is 0 Å². The van der Waals surface area contributed by atoms with Crippen LogP contribution in [0.15, 0.2) is 0 Å². The van der Waals surface area contributed by atoms with E-state index in [4.69, 9.17) is 4.74 Å². The van der Waals surface area contributed by atoms with E-state index in [2.05, 4.69) is 25.7 Å². The summed E-state index contributed by atoms with van der Waals surface area (Å²) in [6, 6.07) is 0. The zero-order valence-electron chi connectivity index (χ0n) is 11.9. The van der Waals surface area contributed by atoms with Gasteiger partial charge in [-0.05, 0) is 25.7 Å². The highest BCUT2D eigenvalue weighted by atomic mass is 16.5. The van der Waals surface area contributed by atoms with Crippen LogP contribution in [0.1, 0.15) is 52.9 Å². The van der Waals surface area contributed by atoms with Crippen molar-refractivity contribution in [2.75, 3.05) is 13.2 Å². The van der Waals surface area contributed by atoms with E-state index in [9.17, 15) is 4.79 Å². The Morgan fingerprint density at radius 2 is 2.00 bits per heavy atom. The third kappa shape index (κ3) is 4.46. The summed E-state index contributed by atoms with van der Waals surface area (Å²) in [7, 11) is 0. The fourth-order valence-electron chi connectivity index (χ4n) is 2.46. The zero-order chi connectivity index (χ0) is 13.4. The van der Waals surface area contributed by atoms with Gasteiger partial charge in [0.25, 0.3) is 0 Å². The van der Waals surface area contributed by atoms with Crippen molar-refractivity contribution in [2.45, 2.75) is 52.9 Å². The molecule has 0 aliphatic heterocycles. The van der Waals surface area contributed by atoms with Gasteiger partial charge >= 0.3 is 0 Å². The zero-order valence-corrected chi connectivity index (χ0v) is 11.9. The van der Waals surface area contributed by atoms with Gasteiger partial charge in [-0.25, -0.2) is 0 Å². The van der Waals surface area contributed by atoms with Crippen molar-refractivity contribution < 1.29 is 9.53 Å². The van der Waals surface area contributed by atoms with Crippen molar-refractivity contribution in [1.29, 1.82) is 0 Å². The summed E-state index contributed by atoms with van der Waals surface area (Å²) >= 11 is 0. The van der Waals surface area contributed by atoms with Crippen LogP contribution in [0.4, 0.5) is 0 Å². The second-order valence-corrected chi connectivity index (χ2v) is 5.52. The van der Waals surface area contributed by atoms with Crippen LogP contribution in [0.5, 0.6) is 0 Å². The highest BCUT2D eigenvalue weighted by molar-refractivity contribution is 5.95. The molecule has 1 aliphatic carbocycles. The van der Waals surface area contributed by atoms with Gasteiger partial charge in [-0.1, -0.05) is 39.0 Å². The van der Waals surface area contributed by atoms with Crippen molar-refractivity contribution in [3.8, 4) is 11.8 Å². The first kappa shape index (κ1) is 15.2. The van der Waals surface area contributed by atoms with Crippen molar-refractivity contribution >= 4 is 5.78 Å². The number of rotatable bonds is 6. The maximum Gasteiger partial charge on any atom is 0.157 e. The molecule has 2 heteroatoms. The number of carbonyl (C=O) groups is 1. The molecule has 0 heterocycles. The summed E-state index contributed by atoms with van der Waals surface area (Å²) in [5, 5.41) is 0. The Morgan fingerprint density at radius 1 is 1.33 bits per heavy atom. The SMILES string of the molecule is CC#CC1(C(=O)[CH]COCC(C)C)CCCCC1. The molecular weight excluding hydrogens is 224 g/mol. The predicted octanol–water partition coefficient (Wildman–Crippen LogP) is 3.41. The molecule has 1 fully saturated rings. The minimum absolute atomic E-state index is 0.167. The molecule has 0 bridgehead atoms. The van der Waals surface area contributed by atoms with E-state index in [1.165, 1.54) is 6.42 Å². The minimum Gasteiger partial charge on any atom is -0.380 e. The first-order valence-electron chi connectivity index (χ1n) is 7.00. The Bertz CT molecular complexity index is 314. The molecule has 18 heavy (non-hydrogen) atoms. The molecule has 0 aromatic carbocycles. The lowest BCUT2D eigenvalue weighted by Gasteiger charge is -2.31. The topological polar surface area (TPSA) is 26.3 Å². The first-order chi connectivity index (χ1) is 8.60. The van der Waals surface area contributed by atoms with Crippen LogP contribution in [-0.4, -0.2) is 19.0 Å². The van der Waals surface area contributed by atoms with Gasteiger partial charge in [-0.15, -0.1) is 5.92 Å². The minimum atomic E-state index is -0.409. The van der Waals surface area contributed by atoms with E-state index in [0.29, 0.717) is 19.1 Å². The normalized spacial score (nSPS) is 18.2. The van der Waals surface area contributed by atoms with Crippen LogP contribution >= 0.6 is 0 Å². The lowest BCUT2D eigenvalue weighted by atomic mass is 9.71. The fourth-order valence-corrected chi connectivity index (χ4v) is 2.46. The number of hydrogen-bond acceptors (Lipinski definition) is 2. The van der Waals surface area contributed by atoms with E-state index >= 15 is 0 Å². The summed E-state index contributed by atoms with van der Waals surface area (Å²) in [4.78, 5) is 12.3. The van der Waals surface area contributed by atoms with Gasteiger partial charge in [0.15, 0.2) is 5.78 Å². The van der Waals surface area contributed by atoms with Crippen molar-refractivity contribution in [1.82, 2.24) is 0 Å². The molecular formula is C16H25O2. The molecule has 101 valence electrons. The number of ketones is 1. The van der Waals surface area contributed by atoms with E-state index in [-0.39, 0.29) is 5.78 Å². The van der Waals surface area contributed by atoms with E-state index in [1.807, 2.05) is 6.92 Å². The van der Waals surface area contributed by atoms with Crippen molar-refractivity contribution in [2.24, 2.45) is 11.3 Å². The van der Waals surface area contributed by atoms with Gasteiger partial charge in [-0.2, -0.15) is 0 Å². The van der Waals surface area contributed by atoms with Crippen LogP contribution in [0.3, 0.4) is 0 Å². The average Bonchev–Trinajstić information content (AvgIpc) is 2.35. The van der Waals surface area contributed by atoms with Gasteiger partial charge in [0.1, 0.15) is 0 Å². The summed E-state index contributed by atoms with van der Waals surface area (Å²) in [5.74, 6) is 6.77. The van der Waals surface area contributed by atoms with E-state index in [0.717, 1.165) is 25.7 Å². The molecule has 0 saturated heterocycles. The van der Waals surface area contributed by atoms with Crippen LogP contribution in [0, 0.1) is 29.6 Å². The molecule has 0 atom stereocenters. The maximum absolute atomic E-state index is 12.3. The summed E-state index contributed by atoms with van der Waals surface area (Å²) in [6.45, 7) is 7.15. The Kier molecular flexibility index (Phi) is 6.43. The van der Waals surface area contributed by atoms with Gasteiger partial charge in [0, 0.05) is 6.61 Å². The van der Waals surface area contributed by atoms with Crippen LogP contribution in [0.25, 0.3) is 0 Å². The molecule has 1 radical (unpaired) electrons. The molecule has 2 nitrogen and oxygen atoms in total. The molecule has 1 rings (SSSR count). The summed E-state index contributed by atoms with van der Waals surface area (Å²) in [6.07, 6.45) is 6.96. The average molecular weight is 249 g/mol. The third-order valence-electron chi connectivity index (χ3n) is 3.38. The highest BCUT2D eigenvalue weighted by Crippen LogP contribution is 2.37. The van der Waals surface area contributed by atoms with Crippen LogP contribution in [-0.2, 0) is 9.53 Å². The lowest BCUT2D eigenvalue weighted by Crippen LogP contribution is -2.33. The lowest BCUT2D eigenvalue weighted by molar-refractivity contribution is -0.124. The largest absolute Gasteiger partial charge is 0.380 e. The first-order valence-corrected chi connectivity index (χ1v) is 7.00. The molecule has 0 amide bonds. The van der Waals surface area contributed by atoms with Gasteiger partial charge in [0.05, 0.1) is 18.4 Å². The molecule has 0 N–H and O–H groups in total.